The Morgan fingerprint density at radius 3 is 2.63 bits per heavy atom. The van der Waals surface area contributed by atoms with Gasteiger partial charge >= 0.3 is 6.03 Å². The van der Waals surface area contributed by atoms with Crippen molar-refractivity contribution >= 4 is 29.5 Å². The summed E-state index contributed by atoms with van der Waals surface area (Å²) in [5, 5.41) is 11.6. The second-order valence-electron chi connectivity index (χ2n) is 7.22. The molecule has 8 nitrogen and oxygen atoms in total. The molecule has 3 heterocycles. The second kappa shape index (κ2) is 6.81. The molecule has 2 aliphatic rings. The Labute approximate surface area is 175 Å². The highest BCUT2D eigenvalue weighted by atomic mass is 35.5. The van der Waals surface area contributed by atoms with E-state index in [1.807, 2.05) is 18.2 Å². The van der Waals surface area contributed by atoms with Gasteiger partial charge in [-0.3, -0.25) is 14.7 Å². The zero-order valence-electron chi connectivity index (χ0n) is 15.8. The Balaban J connectivity index is 1.64. The minimum atomic E-state index is -0.698. The Bertz CT molecular complexity index is 1160. The van der Waals surface area contributed by atoms with Crippen LogP contribution in [0.2, 0.25) is 5.02 Å². The number of rotatable bonds is 3. The van der Waals surface area contributed by atoms with Crippen LogP contribution >= 0.6 is 11.6 Å². The van der Waals surface area contributed by atoms with Gasteiger partial charge in [-0.25, -0.2) is 9.18 Å². The largest absolute Gasteiger partial charge is 0.325 e. The summed E-state index contributed by atoms with van der Waals surface area (Å²) in [5.74, 6) is 0.106. The monoisotopic (exact) mass is 426 g/mol. The normalized spacial score (nSPS) is 20.2. The molecule has 0 saturated carbocycles. The van der Waals surface area contributed by atoms with E-state index in [0.717, 1.165) is 5.56 Å². The van der Waals surface area contributed by atoms with Crippen molar-refractivity contribution in [3.8, 4) is 11.4 Å². The third-order valence-corrected chi connectivity index (χ3v) is 5.61. The van der Waals surface area contributed by atoms with E-state index in [-0.39, 0.29) is 5.82 Å². The molecular weight excluding hydrogens is 411 g/mol. The van der Waals surface area contributed by atoms with Crippen LogP contribution in [0.15, 0.2) is 48.5 Å². The molecule has 0 spiro atoms. The van der Waals surface area contributed by atoms with Crippen LogP contribution in [0.3, 0.4) is 0 Å². The molecule has 2 aliphatic heterocycles. The highest BCUT2D eigenvalue weighted by molar-refractivity contribution is 6.30. The first-order valence-corrected chi connectivity index (χ1v) is 9.61. The quantitative estimate of drug-likeness (QED) is 0.696. The van der Waals surface area contributed by atoms with E-state index < -0.39 is 24.1 Å². The summed E-state index contributed by atoms with van der Waals surface area (Å²) < 4.78 is 15.2. The zero-order valence-corrected chi connectivity index (χ0v) is 16.5. The molecule has 2 aromatic carbocycles. The Hall–Kier alpha value is -3.46. The lowest BCUT2D eigenvalue weighted by Crippen LogP contribution is -2.61. The predicted molar refractivity (Wildman–Crippen MR) is 107 cm³/mol. The maximum absolute atomic E-state index is 13.4. The topological polar surface area (TPSA) is 83.4 Å². The Morgan fingerprint density at radius 2 is 1.90 bits per heavy atom. The first-order chi connectivity index (χ1) is 14.4. The number of amides is 3. The molecule has 10 heteroatoms. The van der Waals surface area contributed by atoms with E-state index in [0.29, 0.717) is 28.9 Å². The molecule has 1 aromatic heterocycles. The van der Waals surface area contributed by atoms with Crippen LogP contribution in [0.1, 0.15) is 11.7 Å². The van der Waals surface area contributed by atoms with Crippen molar-refractivity contribution in [2.24, 2.45) is 0 Å². The maximum Gasteiger partial charge on any atom is 0.325 e. The Kier molecular flexibility index (Phi) is 4.21. The number of urea groups is 1. The molecule has 0 radical (unpaired) electrons. The van der Waals surface area contributed by atoms with E-state index >= 15 is 0 Å². The number of hydrogen-bond acceptors (Lipinski definition) is 5. The molecule has 1 saturated heterocycles. The van der Waals surface area contributed by atoms with Gasteiger partial charge < -0.3 is 9.80 Å². The SMILES string of the molecule is CN1C(=O)NC(=O)C2C1n1c(-c3ccc(F)cc3)nnc1N2Cc1cccc(Cl)c1. The van der Waals surface area contributed by atoms with Crippen LogP contribution in [-0.2, 0) is 11.3 Å². The average Bonchev–Trinajstić information content (AvgIpc) is 3.26. The lowest BCUT2D eigenvalue weighted by Gasteiger charge is -2.37. The minimum Gasteiger partial charge on any atom is -0.321 e. The van der Waals surface area contributed by atoms with Crippen LogP contribution in [0.25, 0.3) is 11.4 Å². The molecule has 0 aliphatic carbocycles. The van der Waals surface area contributed by atoms with Gasteiger partial charge in [0.2, 0.25) is 5.95 Å². The fourth-order valence-corrected chi connectivity index (χ4v) is 4.21. The van der Waals surface area contributed by atoms with Crippen LogP contribution in [0.5, 0.6) is 0 Å². The highest BCUT2D eigenvalue weighted by Gasteiger charge is 2.52. The third-order valence-electron chi connectivity index (χ3n) is 5.38. The van der Waals surface area contributed by atoms with Crippen molar-refractivity contribution in [3.63, 3.8) is 0 Å². The summed E-state index contributed by atoms with van der Waals surface area (Å²) in [6.07, 6.45) is -0.643. The van der Waals surface area contributed by atoms with Crippen molar-refractivity contribution in [2.75, 3.05) is 11.9 Å². The number of anilines is 1. The molecule has 0 bridgehead atoms. The summed E-state index contributed by atoms with van der Waals surface area (Å²) >= 11 is 6.12. The summed E-state index contributed by atoms with van der Waals surface area (Å²) in [4.78, 5) is 28.4. The molecule has 5 rings (SSSR count). The van der Waals surface area contributed by atoms with Gasteiger partial charge in [-0.2, -0.15) is 0 Å². The molecule has 30 heavy (non-hydrogen) atoms. The van der Waals surface area contributed by atoms with E-state index in [9.17, 15) is 14.0 Å². The predicted octanol–water partition coefficient (Wildman–Crippen LogP) is 2.81. The molecule has 1 fully saturated rings. The lowest BCUT2D eigenvalue weighted by atomic mass is 10.1. The van der Waals surface area contributed by atoms with Crippen molar-refractivity contribution < 1.29 is 14.0 Å². The van der Waals surface area contributed by atoms with Crippen molar-refractivity contribution in [3.05, 3.63) is 64.9 Å². The number of nitrogens with one attached hydrogen (secondary N) is 1. The maximum atomic E-state index is 13.4. The first kappa shape index (κ1) is 18.6. The summed E-state index contributed by atoms with van der Waals surface area (Å²) in [5.41, 5.74) is 1.51. The minimum absolute atomic E-state index is 0.346. The number of aromatic nitrogens is 3. The van der Waals surface area contributed by atoms with Crippen LogP contribution in [0, 0.1) is 5.82 Å². The number of nitrogens with zero attached hydrogens (tertiary/aromatic N) is 5. The van der Waals surface area contributed by atoms with Gasteiger partial charge in [-0.1, -0.05) is 23.7 Å². The number of hydrogen-bond donors (Lipinski definition) is 1. The van der Waals surface area contributed by atoms with Gasteiger partial charge in [0.05, 0.1) is 0 Å². The number of halogens is 2. The zero-order chi connectivity index (χ0) is 21.0. The molecule has 2 atom stereocenters. The highest BCUT2D eigenvalue weighted by Crippen LogP contribution is 2.41. The number of benzene rings is 2. The van der Waals surface area contributed by atoms with Crippen LogP contribution in [0.4, 0.5) is 15.1 Å². The fourth-order valence-electron chi connectivity index (χ4n) is 4.00. The molecule has 1 N–H and O–H groups in total. The van der Waals surface area contributed by atoms with E-state index in [1.165, 1.54) is 17.0 Å². The molecule has 3 amide bonds. The first-order valence-electron chi connectivity index (χ1n) is 9.23. The Morgan fingerprint density at radius 1 is 1.13 bits per heavy atom. The van der Waals surface area contributed by atoms with E-state index in [1.54, 1.807) is 34.7 Å². The van der Waals surface area contributed by atoms with E-state index in [4.69, 9.17) is 11.6 Å². The molecule has 152 valence electrons. The van der Waals surface area contributed by atoms with Crippen molar-refractivity contribution in [1.29, 1.82) is 0 Å². The summed E-state index contributed by atoms with van der Waals surface area (Å²) in [6.45, 7) is 0.346. The number of likely N-dealkylation sites (N-methyl/N-ethyl adjacent to an activating group) is 1. The lowest BCUT2D eigenvalue weighted by molar-refractivity contribution is -0.124. The third kappa shape index (κ3) is 2.81. The van der Waals surface area contributed by atoms with Crippen molar-refractivity contribution in [1.82, 2.24) is 25.0 Å². The van der Waals surface area contributed by atoms with Gasteiger partial charge in [-0.15, -0.1) is 10.2 Å². The smallest absolute Gasteiger partial charge is 0.321 e. The summed E-state index contributed by atoms with van der Waals surface area (Å²) in [7, 11) is 1.61. The van der Waals surface area contributed by atoms with E-state index in [2.05, 4.69) is 15.5 Å². The summed E-state index contributed by atoms with van der Waals surface area (Å²) in [6, 6.07) is 11.9. The second-order valence-corrected chi connectivity index (χ2v) is 7.66. The van der Waals surface area contributed by atoms with Gasteiger partial charge in [0.1, 0.15) is 12.0 Å². The number of imide groups is 1. The standard InChI is InChI=1S/C20H16ClFN6O2/c1-26-18-15(17(29)23-20(26)30)27(10-11-3-2-4-13(21)9-11)19-25-24-16(28(18)19)12-5-7-14(22)8-6-12/h2-9,15,18H,10H2,1H3,(H,23,29,30). The average molecular weight is 427 g/mol. The van der Waals surface area contributed by atoms with Gasteiger partial charge in [0.15, 0.2) is 11.9 Å². The van der Waals surface area contributed by atoms with Crippen molar-refractivity contribution in [2.45, 2.75) is 18.8 Å². The number of carbonyl (C=O) groups is 2. The molecule has 2 unspecified atom stereocenters. The fraction of sp³-hybridized carbons (Fsp3) is 0.200. The number of fused-ring (bicyclic) bond motifs is 3. The molecular formula is C20H16ClFN6O2. The van der Waals surface area contributed by atoms with Crippen LogP contribution in [-0.4, -0.2) is 44.7 Å². The van der Waals surface area contributed by atoms with Gasteiger partial charge in [0, 0.05) is 24.2 Å². The molecule has 3 aromatic rings. The van der Waals surface area contributed by atoms with Gasteiger partial charge in [-0.05, 0) is 42.0 Å². The number of carbonyl (C=O) groups excluding carboxylic acids is 2. The van der Waals surface area contributed by atoms with Crippen LogP contribution < -0.4 is 10.2 Å². The van der Waals surface area contributed by atoms with Gasteiger partial charge in [0.25, 0.3) is 5.91 Å².